The van der Waals surface area contributed by atoms with Gasteiger partial charge in [-0.2, -0.15) is 5.10 Å². The van der Waals surface area contributed by atoms with Crippen molar-refractivity contribution in [1.82, 2.24) is 24.6 Å². The van der Waals surface area contributed by atoms with Gasteiger partial charge < -0.3 is 4.90 Å². The molecule has 0 saturated carbocycles. The van der Waals surface area contributed by atoms with Crippen LogP contribution in [0.1, 0.15) is 61.2 Å². The van der Waals surface area contributed by atoms with Crippen LogP contribution in [0.5, 0.6) is 0 Å². The summed E-state index contributed by atoms with van der Waals surface area (Å²) in [7, 11) is 0. The molecule has 3 rings (SSSR count). The number of aromatic nitrogens is 4. The van der Waals surface area contributed by atoms with Gasteiger partial charge in [-0.15, -0.1) is 0 Å². The SMILES string of the molecule is CC(C)Cc1ncc2c(n1)CN(C(=O)c1cnn(C(C)C)c1)C2. The molecule has 1 amide bonds. The molecule has 0 unspecified atom stereocenters. The van der Waals surface area contributed by atoms with Gasteiger partial charge in [0.15, 0.2) is 0 Å². The van der Waals surface area contributed by atoms with E-state index in [1.54, 1.807) is 15.8 Å². The lowest BCUT2D eigenvalue weighted by atomic mass is 10.1. The van der Waals surface area contributed by atoms with E-state index < -0.39 is 0 Å². The molecular formula is C17H23N5O. The largest absolute Gasteiger partial charge is 0.328 e. The maximum Gasteiger partial charge on any atom is 0.257 e. The zero-order valence-electron chi connectivity index (χ0n) is 14.2. The van der Waals surface area contributed by atoms with Gasteiger partial charge >= 0.3 is 0 Å². The minimum atomic E-state index is 0.000287. The zero-order chi connectivity index (χ0) is 16.6. The van der Waals surface area contributed by atoms with Crippen LogP contribution in [0, 0.1) is 5.92 Å². The van der Waals surface area contributed by atoms with E-state index in [1.807, 2.05) is 26.2 Å². The molecule has 0 saturated heterocycles. The van der Waals surface area contributed by atoms with Crippen molar-refractivity contribution in [2.75, 3.05) is 0 Å². The number of hydrogen-bond acceptors (Lipinski definition) is 4. The molecule has 23 heavy (non-hydrogen) atoms. The van der Waals surface area contributed by atoms with E-state index in [2.05, 4.69) is 28.9 Å². The summed E-state index contributed by atoms with van der Waals surface area (Å²) in [6, 6.07) is 0.247. The van der Waals surface area contributed by atoms with Gasteiger partial charge in [-0.3, -0.25) is 9.48 Å². The Morgan fingerprint density at radius 1 is 1.22 bits per heavy atom. The Bertz CT molecular complexity index is 720. The monoisotopic (exact) mass is 313 g/mol. The normalized spacial score (nSPS) is 13.9. The Morgan fingerprint density at radius 2 is 2.00 bits per heavy atom. The summed E-state index contributed by atoms with van der Waals surface area (Å²) in [4.78, 5) is 23.5. The Labute approximate surface area is 136 Å². The lowest BCUT2D eigenvalue weighted by molar-refractivity contribution is 0.0750. The van der Waals surface area contributed by atoms with Crippen LogP contribution in [0.3, 0.4) is 0 Å². The summed E-state index contributed by atoms with van der Waals surface area (Å²) >= 11 is 0. The van der Waals surface area contributed by atoms with Crippen LogP contribution in [0.15, 0.2) is 18.6 Å². The maximum atomic E-state index is 12.6. The van der Waals surface area contributed by atoms with Gasteiger partial charge in [-0.05, 0) is 19.8 Å². The molecule has 1 aliphatic heterocycles. The van der Waals surface area contributed by atoms with Crippen molar-refractivity contribution >= 4 is 5.91 Å². The first-order valence-corrected chi connectivity index (χ1v) is 8.11. The molecular weight excluding hydrogens is 290 g/mol. The molecule has 2 aromatic heterocycles. The zero-order valence-corrected chi connectivity index (χ0v) is 14.2. The van der Waals surface area contributed by atoms with Crippen LogP contribution in [0.25, 0.3) is 0 Å². The Balaban J connectivity index is 1.74. The van der Waals surface area contributed by atoms with Crippen molar-refractivity contribution in [3.05, 3.63) is 41.2 Å². The molecule has 6 nitrogen and oxygen atoms in total. The van der Waals surface area contributed by atoms with E-state index in [4.69, 9.17) is 0 Å². The maximum absolute atomic E-state index is 12.6. The van der Waals surface area contributed by atoms with Gasteiger partial charge in [0, 0.05) is 37.0 Å². The number of amides is 1. The molecule has 6 heteroatoms. The van der Waals surface area contributed by atoms with E-state index in [-0.39, 0.29) is 11.9 Å². The van der Waals surface area contributed by atoms with Crippen molar-refractivity contribution in [3.63, 3.8) is 0 Å². The summed E-state index contributed by atoms with van der Waals surface area (Å²) in [6.07, 6.45) is 6.18. The van der Waals surface area contributed by atoms with E-state index in [1.165, 1.54) is 0 Å². The Kier molecular flexibility index (Phi) is 4.15. The number of rotatable bonds is 4. The highest BCUT2D eigenvalue weighted by Crippen LogP contribution is 2.23. The predicted molar refractivity (Wildman–Crippen MR) is 86.8 cm³/mol. The molecule has 2 aromatic rings. The van der Waals surface area contributed by atoms with Crippen LogP contribution in [0.2, 0.25) is 0 Å². The van der Waals surface area contributed by atoms with Gasteiger partial charge in [0.2, 0.25) is 0 Å². The summed E-state index contributed by atoms with van der Waals surface area (Å²) in [6.45, 7) is 9.51. The number of hydrogen-bond donors (Lipinski definition) is 0. The second-order valence-corrected chi connectivity index (χ2v) is 6.82. The van der Waals surface area contributed by atoms with E-state index >= 15 is 0 Å². The van der Waals surface area contributed by atoms with E-state index in [0.29, 0.717) is 24.6 Å². The molecule has 1 aliphatic rings. The average molecular weight is 313 g/mol. The molecule has 3 heterocycles. The van der Waals surface area contributed by atoms with Crippen molar-refractivity contribution in [2.24, 2.45) is 5.92 Å². The van der Waals surface area contributed by atoms with Crippen LogP contribution >= 0.6 is 0 Å². The third-order valence-electron chi connectivity index (χ3n) is 3.96. The predicted octanol–water partition coefficient (Wildman–Crippen LogP) is 2.61. The van der Waals surface area contributed by atoms with Crippen molar-refractivity contribution in [1.29, 1.82) is 0 Å². The highest BCUT2D eigenvalue weighted by molar-refractivity contribution is 5.94. The molecule has 0 radical (unpaired) electrons. The molecule has 0 aliphatic carbocycles. The summed E-state index contributed by atoms with van der Waals surface area (Å²) in [5.74, 6) is 1.38. The van der Waals surface area contributed by atoms with Crippen molar-refractivity contribution in [2.45, 2.75) is 53.2 Å². The summed E-state index contributed by atoms with van der Waals surface area (Å²) in [5, 5.41) is 4.25. The van der Waals surface area contributed by atoms with Crippen molar-refractivity contribution in [3.8, 4) is 0 Å². The lowest BCUT2D eigenvalue weighted by Crippen LogP contribution is -2.25. The fraction of sp³-hybridized carbons (Fsp3) is 0.529. The van der Waals surface area contributed by atoms with Crippen LogP contribution < -0.4 is 0 Å². The van der Waals surface area contributed by atoms with Gasteiger partial charge in [0.1, 0.15) is 5.82 Å². The number of carbonyl (C=O) groups is 1. The first kappa shape index (κ1) is 15.6. The first-order chi connectivity index (χ1) is 10.9. The fourth-order valence-corrected chi connectivity index (χ4v) is 2.72. The molecule has 0 aromatic carbocycles. The van der Waals surface area contributed by atoms with E-state index in [0.717, 1.165) is 23.5 Å². The third-order valence-corrected chi connectivity index (χ3v) is 3.96. The number of fused-ring (bicyclic) bond motifs is 1. The van der Waals surface area contributed by atoms with Gasteiger partial charge in [-0.1, -0.05) is 13.8 Å². The topological polar surface area (TPSA) is 63.9 Å². The molecule has 122 valence electrons. The molecule has 0 spiro atoms. The van der Waals surface area contributed by atoms with Crippen molar-refractivity contribution < 1.29 is 4.79 Å². The van der Waals surface area contributed by atoms with Crippen LogP contribution in [0.4, 0.5) is 0 Å². The second-order valence-electron chi connectivity index (χ2n) is 6.82. The molecule has 0 atom stereocenters. The first-order valence-electron chi connectivity index (χ1n) is 8.11. The minimum Gasteiger partial charge on any atom is -0.328 e. The summed E-state index contributed by atoms with van der Waals surface area (Å²) in [5.41, 5.74) is 2.64. The van der Waals surface area contributed by atoms with Crippen LogP contribution in [-0.4, -0.2) is 30.6 Å². The van der Waals surface area contributed by atoms with Crippen LogP contribution in [-0.2, 0) is 19.5 Å². The van der Waals surface area contributed by atoms with E-state index in [9.17, 15) is 4.79 Å². The average Bonchev–Trinajstić information content (AvgIpc) is 3.12. The van der Waals surface area contributed by atoms with Gasteiger partial charge in [-0.25, -0.2) is 9.97 Å². The number of carbonyl (C=O) groups excluding carboxylic acids is 1. The third kappa shape index (κ3) is 3.25. The summed E-state index contributed by atoms with van der Waals surface area (Å²) < 4.78 is 1.80. The lowest BCUT2D eigenvalue weighted by Gasteiger charge is -2.13. The fourth-order valence-electron chi connectivity index (χ4n) is 2.72. The molecule has 0 bridgehead atoms. The quantitative estimate of drug-likeness (QED) is 0.870. The number of nitrogens with zero attached hydrogens (tertiary/aromatic N) is 5. The van der Waals surface area contributed by atoms with Gasteiger partial charge in [0.05, 0.1) is 24.0 Å². The molecule has 0 fully saturated rings. The Morgan fingerprint density at radius 3 is 2.65 bits per heavy atom. The highest BCUT2D eigenvalue weighted by atomic mass is 16.2. The second kappa shape index (κ2) is 6.10. The highest BCUT2D eigenvalue weighted by Gasteiger charge is 2.27. The standard InChI is InChI=1S/C17H23N5O/c1-11(2)5-16-18-6-13-8-21(10-15(13)20-16)17(23)14-7-19-22(9-14)12(3)4/h6-7,9,11-12H,5,8,10H2,1-4H3. The minimum absolute atomic E-state index is 0.000287. The Hall–Kier alpha value is -2.24. The van der Waals surface area contributed by atoms with Gasteiger partial charge in [0.25, 0.3) is 5.91 Å². The molecule has 0 N–H and O–H groups in total. The smallest absolute Gasteiger partial charge is 0.257 e.